The Morgan fingerprint density at radius 1 is 1.38 bits per heavy atom. The minimum absolute atomic E-state index is 0.454. The maximum atomic E-state index is 9.47. The predicted molar refractivity (Wildman–Crippen MR) is 66.6 cm³/mol. The molecule has 0 amide bonds. The van der Waals surface area contributed by atoms with E-state index in [-0.39, 0.29) is 0 Å². The molecule has 1 aromatic carbocycles. The van der Waals surface area contributed by atoms with Crippen LogP contribution in [0.1, 0.15) is 24.3 Å². The van der Waals surface area contributed by atoms with Gasteiger partial charge in [-0.05, 0) is 53.5 Å². The molecular formula is C12H13BrN2O. The first kappa shape index (κ1) is 11.4. The zero-order valence-corrected chi connectivity index (χ0v) is 10.8. The van der Waals surface area contributed by atoms with Crippen LogP contribution in [0.15, 0.2) is 34.9 Å². The summed E-state index contributed by atoms with van der Waals surface area (Å²) in [6.45, 7) is 3.70. The van der Waals surface area contributed by atoms with Crippen molar-refractivity contribution in [1.29, 1.82) is 0 Å². The molecule has 1 heterocycles. The monoisotopic (exact) mass is 280 g/mol. The molecule has 2 aromatic rings. The van der Waals surface area contributed by atoms with Gasteiger partial charge in [0.25, 0.3) is 0 Å². The van der Waals surface area contributed by atoms with Crippen LogP contribution in [0, 0.1) is 6.92 Å². The first-order valence-corrected chi connectivity index (χ1v) is 5.87. The lowest BCUT2D eigenvalue weighted by molar-refractivity contribution is 0.199. The molecule has 1 aromatic heterocycles. The van der Waals surface area contributed by atoms with E-state index >= 15 is 0 Å². The number of nitrogens with zero attached hydrogens (tertiary/aromatic N) is 2. The third-order valence-electron chi connectivity index (χ3n) is 2.42. The van der Waals surface area contributed by atoms with Crippen molar-refractivity contribution in [3.63, 3.8) is 0 Å². The summed E-state index contributed by atoms with van der Waals surface area (Å²) in [5, 5.41) is 13.8. The fourth-order valence-corrected chi connectivity index (χ4v) is 2.10. The molecule has 1 N–H and O–H groups in total. The number of aromatic nitrogens is 2. The number of aryl methyl sites for hydroxylation is 1. The number of benzene rings is 1. The molecule has 0 spiro atoms. The van der Waals surface area contributed by atoms with Crippen molar-refractivity contribution >= 4 is 15.9 Å². The molecule has 3 nitrogen and oxygen atoms in total. The van der Waals surface area contributed by atoms with Crippen LogP contribution in [-0.4, -0.2) is 14.9 Å². The third kappa shape index (κ3) is 2.18. The van der Waals surface area contributed by atoms with Crippen LogP contribution in [0.5, 0.6) is 0 Å². The van der Waals surface area contributed by atoms with Crippen LogP contribution in [-0.2, 0) is 0 Å². The first-order chi connectivity index (χ1) is 7.58. The molecule has 4 heteroatoms. The average molecular weight is 281 g/mol. The Morgan fingerprint density at radius 2 is 2.12 bits per heavy atom. The highest BCUT2D eigenvalue weighted by atomic mass is 79.9. The molecule has 0 fully saturated rings. The summed E-state index contributed by atoms with van der Waals surface area (Å²) >= 11 is 3.49. The summed E-state index contributed by atoms with van der Waals surface area (Å²) in [5.74, 6) is 0. The van der Waals surface area contributed by atoms with Gasteiger partial charge in [0.2, 0.25) is 0 Å². The van der Waals surface area contributed by atoms with E-state index < -0.39 is 6.10 Å². The summed E-state index contributed by atoms with van der Waals surface area (Å²) in [5.41, 5.74) is 2.84. The van der Waals surface area contributed by atoms with E-state index in [9.17, 15) is 5.11 Å². The van der Waals surface area contributed by atoms with Crippen molar-refractivity contribution in [2.75, 3.05) is 0 Å². The Bertz CT molecular complexity index is 505. The van der Waals surface area contributed by atoms with Crippen LogP contribution in [0.3, 0.4) is 0 Å². The number of hydrogen-bond donors (Lipinski definition) is 1. The van der Waals surface area contributed by atoms with Crippen molar-refractivity contribution in [1.82, 2.24) is 9.78 Å². The van der Waals surface area contributed by atoms with Crippen LogP contribution in [0.4, 0.5) is 0 Å². The van der Waals surface area contributed by atoms with Crippen molar-refractivity contribution < 1.29 is 5.11 Å². The SMILES string of the molecule is Cc1ccn(-c2ccc([C@@H](C)O)cc2Br)n1. The van der Waals surface area contributed by atoms with Gasteiger partial charge in [0, 0.05) is 10.7 Å². The van der Waals surface area contributed by atoms with Gasteiger partial charge in [0.1, 0.15) is 0 Å². The molecule has 0 radical (unpaired) electrons. The van der Waals surface area contributed by atoms with Crippen molar-refractivity contribution in [3.8, 4) is 5.69 Å². The van der Waals surface area contributed by atoms with E-state index in [1.165, 1.54) is 0 Å². The Balaban J connectivity index is 2.44. The molecule has 84 valence electrons. The number of aliphatic hydroxyl groups excluding tert-OH is 1. The smallest absolute Gasteiger partial charge is 0.0787 e. The average Bonchev–Trinajstić information content (AvgIpc) is 2.64. The Kier molecular flexibility index (Phi) is 3.12. The number of aliphatic hydroxyl groups is 1. The highest BCUT2D eigenvalue weighted by Crippen LogP contribution is 2.24. The summed E-state index contributed by atoms with van der Waals surface area (Å²) < 4.78 is 2.74. The highest BCUT2D eigenvalue weighted by molar-refractivity contribution is 9.10. The van der Waals surface area contributed by atoms with E-state index in [1.54, 1.807) is 6.92 Å². The molecule has 1 atom stereocenters. The van der Waals surface area contributed by atoms with Crippen molar-refractivity contribution in [2.24, 2.45) is 0 Å². The van der Waals surface area contributed by atoms with Crippen LogP contribution in [0.2, 0.25) is 0 Å². The Labute approximate surface area is 103 Å². The summed E-state index contributed by atoms with van der Waals surface area (Å²) in [6, 6.07) is 7.71. The van der Waals surface area contributed by atoms with E-state index in [1.807, 2.05) is 42.1 Å². The molecular weight excluding hydrogens is 268 g/mol. The lowest BCUT2D eigenvalue weighted by Crippen LogP contribution is -1.98. The molecule has 16 heavy (non-hydrogen) atoms. The van der Waals surface area contributed by atoms with E-state index in [2.05, 4.69) is 21.0 Å². The Hall–Kier alpha value is -1.13. The van der Waals surface area contributed by atoms with Gasteiger partial charge in [0.05, 0.1) is 17.5 Å². The summed E-state index contributed by atoms with van der Waals surface area (Å²) in [6.07, 6.45) is 1.46. The summed E-state index contributed by atoms with van der Waals surface area (Å²) in [7, 11) is 0. The number of hydrogen-bond acceptors (Lipinski definition) is 2. The van der Waals surface area contributed by atoms with Gasteiger partial charge in [-0.15, -0.1) is 0 Å². The normalized spacial score (nSPS) is 12.8. The fraction of sp³-hybridized carbons (Fsp3) is 0.250. The van der Waals surface area contributed by atoms with Crippen molar-refractivity contribution in [2.45, 2.75) is 20.0 Å². The minimum Gasteiger partial charge on any atom is -0.389 e. The second-order valence-electron chi connectivity index (χ2n) is 3.79. The molecule has 0 unspecified atom stereocenters. The topological polar surface area (TPSA) is 38.0 Å². The minimum atomic E-state index is -0.454. The second kappa shape index (κ2) is 4.39. The molecule has 0 bridgehead atoms. The van der Waals surface area contributed by atoms with Crippen LogP contribution in [0.25, 0.3) is 5.69 Å². The maximum absolute atomic E-state index is 9.47. The number of halogens is 1. The fourth-order valence-electron chi connectivity index (χ4n) is 1.52. The van der Waals surface area contributed by atoms with Gasteiger partial charge in [-0.1, -0.05) is 6.07 Å². The lowest BCUT2D eigenvalue weighted by atomic mass is 10.1. The Morgan fingerprint density at radius 3 is 2.62 bits per heavy atom. The van der Waals surface area contributed by atoms with Gasteiger partial charge in [-0.25, -0.2) is 4.68 Å². The molecule has 0 saturated carbocycles. The first-order valence-electron chi connectivity index (χ1n) is 5.08. The van der Waals surface area contributed by atoms with Crippen LogP contribution < -0.4 is 0 Å². The molecule has 0 aliphatic heterocycles. The van der Waals surface area contributed by atoms with Crippen LogP contribution >= 0.6 is 15.9 Å². The largest absolute Gasteiger partial charge is 0.389 e. The van der Waals surface area contributed by atoms with Gasteiger partial charge in [0.15, 0.2) is 0 Å². The zero-order valence-electron chi connectivity index (χ0n) is 9.18. The quantitative estimate of drug-likeness (QED) is 0.919. The lowest BCUT2D eigenvalue weighted by Gasteiger charge is -2.09. The molecule has 0 saturated heterocycles. The molecule has 0 aliphatic rings. The maximum Gasteiger partial charge on any atom is 0.0787 e. The van der Waals surface area contributed by atoms with E-state index in [0.717, 1.165) is 21.4 Å². The molecule has 2 rings (SSSR count). The van der Waals surface area contributed by atoms with Gasteiger partial charge in [-0.2, -0.15) is 5.10 Å². The standard InChI is InChI=1S/C12H13BrN2O/c1-8-5-6-15(14-8)12-4-3-10(9(2)16)7-11(12)13/h3-7,9,16H,1-2H3/t9-/m1/s1. The number of rotatable bonds is 2. The van der Waals surface area contributed by atoms with Gasteiger partial charge in [-0.3, -0.25) is 0 Å². The highest BCUT2D eigenvalue weighted by Gasteiger charge is 2.07. The van der Waals surface area contributed by atoms with E-state index in [4.69, 9.17) is 0 Å². The third-order valence-corrected chi connectivity index (χ3v) is 3.06. The van der Waals surface area contributed by atoms with Crippen molar-refractivity contribution in [3.05, 3.63) is 46.2 Å². The van der Waals surface area contributed by atoms with E-state index in [0.29, 0.717) is 0 Å². The second-order valence-corrected chi connectivity index (χ2v) is 4.64. The van der Waals surface area contributed by atoms with Gasteiger partial charge < -0.3 is 5.11 Å². The summed E-state index contributed by atoms with van der Waals surface area (Å²) in [4.78, 5) is 0. The van der Waals surface area contributed by atoms with Gasteiger partial charge >= 0.3 is 0 Å². The zero-order chi connectivity index (χ0) is 11.7. The molecule has 0 aliphatic carbocycles. The predicted octanol–water partition coefficient (Wildman–Crippen LogP) is 3.00.